The zero-order valence-corrected chi connectivity index (χ0v) is 19.3. The number of hydrogen-bond donors (Lipinski definition) is 1. The van der Waals surface area contributed by atoms with Crippen molar-refractivity contribution in [2.24, 2.45) is 28.1 Å². The molecule has 162 valence electrons. The molecule has 2 fully saturated rings. The number of allylic oxidation sites excluding steroid dienone is 3. The molecule has 0 heterocycles. The van der Waals surface area contributed by atoms with Crippen LogP contribution in [0.25, 0.3) is 16.3 Å². The van der Waals surface area contributed by atoms with Crippen molar-refractivity contribution < 1.29 is 5.11 Å². The number of aliphatic hydroxyl groups excluding tert-OH is 1. The van der Waals surface area contributed by atoms with Gasteiger partial charge < -0.3 is 5.11 Å². The SMILES string of the molecule is C[C@@]12CC=C3C[C@@H](O)CC[C@]3(C)[C@H]1CC[C@]1(C)C(c3ccc4ccccc4c3)=CC[C@@H]21. The first-order valence-electron chi connectivity index (χ1n) is 12.4. The Morgan fingerprint density at radius 3 is 2.45 bits per heavy atom. The Bertz CT molecular complexity index is 1110. The van der Waals surface area contributed by atoms with Gasteiger partial charge in [-0.3, -0.25) is 0 Å². The zero-order chi connectivity index (χ0) is 21.4. The fourth-order valence-corrected chi connectivity index (χ4v) is 8.65. The van der Waals surface area contributed by atoms with Gasteiger partial charge in [0.05, 0.1) is 6.10 Å². The molecule has 1 N–H and O–H groups in total. The lowest BCUT2D eigenvalue weighted by Gasteiger charge is -2.63. The predicted molar refractivity (Wildman–Crippen MR) is 130 cm³/mol. The van der Waals surface area contributed by atoms with Crippen molar-refractivity contribution in [3.8, 4) is 0 Å². The summed E-state index contributed by atoms with van der Waals surface area (Å²) in [5.74, 6) is 1.46. The summed E-state index contributed by atoms with van der Waals surface area (Å²) in [6.45, 7) is 7.71. The van der Waals surface area contributed by atoms with Gasteiger partial charge in [-0.1, -0.05) is 74.9 Å². The Kier molecular flexibility index (Phi) is 4.20. The minimum Gasteiger partial charge on any atom is -0.393 e. The van der Waals surface area contributed by atoms with E-state index in [1.54, 1.807) is 11.1 Å². The highest BCUT2D eigenvalue weighted by atomic mass is 16.3. The second kappa shape index (κ2) is 6.58. The quantitative estimate of drug-likeness (QED) is 0.479. The normalized spacial score (nSPS) is 41.7. The van der Waals surface area contributed by atoms with E-state index in [2.05, 4.69) is 75.4 Å². The van der Waals surface area contributed by atoms with Crippen molar-refractivity contribution in [1.29, 1.82) is 0 Å². The molecule has 0 amide bonds. The summed E-state index contributed by atoms with van der Waals surface area (Å²) in [6, 6.07) is 15.8. The molecule has 31 heavy (non-hydrogen) atoms. The number of rotatable bonds is 1. The summed E-state index contributed by atoms with van der Waals surface area (Å²) in [7, 11) is 0. The molecule has 1 nitrogen and oxygen atoms in total. The van der Waals surface area contributed by atoms with Crippen molar-refractivity contribution in [3.63, 3.8) is 0 Å². The molecule has 0 unspecified atom stereocenters. The van der Waals surface area contributed by atoms with Crippen LogP contribution >= 0.6 is 0 Å². The molecule has 2 saturated carbocycles. The van der Waals surface area contributed by atoms with Crippen molar-refractivity contribution in [2.45, 2.75) is 71.8 Å². The van der Waals surface area contributed by atoms with Crippen molar-refractivity contribution in [3.05, 3.63) is 65.8 Å². The second-order valence-corrected chi connectivity index (χ2v) is 11.7. The molecule has 2 aromatic carbocycles. The standard InChI is InChI=1S/C30H36O/c1-28-16-13-24(31)19-23(28)12-15-30(3)26-11-10-25(29(26,2)17-14-27(28)30)22-9-8-20-6-4-5-7-21(20)18-22/h4-10,12,18,24,26-27,31H,11,13-17,19H2,1-3H3/t24-,26+,27+,28-,29+,30-/m0/s1. The van der Waals surface area contributed by atoms with E-state index in [0.717, 1.165) is 25.2 Å². The summed E-state index contributed by atoms with van der Waals surface area (Å²) in [5, 5.41) is 13.0. The van der Waals surface area contributed by atoms with Crippen molar-refractivity contribution in [1.82, 2.24) is 0 Å². The molecule has 0 saturated heterocycles. The Hall–Kier alpha value is -1.86. The third-order valence-electron chi connectivity index (χ3n) is 10.3. The molecule has 6 atom stereocenters. The molecular formula is C30H36O. The molecule has 0 aromatic heterocycles. The number of aliphatic hydroxyl groups is 1. The van der Waals surface area contributed by atoms with Crippen LogP contribution < -0.4 is 0 Å². The van der Waals surface area contributed by atoms with Gasteiger partial charge in [-0.15, -0.1) is 0 Å². The van der Waals surface area contributed by atoms with Gasteiger partial charge in [0.15, 0.2) is 0 Å². The maximum absolute atomic E-state index is 10.3. The van der Waals surface area contributed by atoms with Gasteiger partial charge in [0, 0.05) is 0 Å². The van der Waals surface area contributed by atoms with Crippen molar-refractivity contribution >= 4 is 16.3 Å². The Labute approximate surface area is 187 Å². The number of benzene rings is 2. The topological polar surface area (TPSA) is 20.2 Å². The lowest BCUT2D eigenvalue weighted by Crippen LogP contribution is -2.55. The highest BCUT2D eigenvalue weighted by Crippen LogP contribution is 2.71. The van der Waals surface area contributed by atoms with E-state index in [1.165, 1.54) is 42.0 Å². The van der Waals surface area contributed by atoms with Crippen LogP contribution in [-0.2, 0) is 0 Å². The lowest BCUT2D eigenvalue weighted by molar-refractivity contribution is -0.0876. The molecule has 0 bridgehead atoms. The first kappa shape index (κ1) is 19.8. The molecule has 4 aliphatic carbocycles. The predicted octanol–water partition coefficient (Wildman–Crippen LogP) is 7.55. The molecule has 4 aliphatic rings. The summed E-state index contributed by atoms with van der Waals surface area (Å²) in [4.78, 5) is 0. The van der Waals surface area contributed by atoms with Crippen LogP contribution in [-0.4, -0.2) is 11.2 Å². The van der Waals surface area contributed by atoms with Gasteiger partial charge in [-0.05, 0) is 101 Å². The summed E-state index contributed by atoms with van der Waals surface area (Å²) < 4.78 is 0. The van der Waals surface area contributed by atoms with Gasteiger partial charge in [0.2, 0.25) is 0 Å². The minimum atomic E-state index is -0.120. The maximum Gasteiger partial charge on any atom is 0.0577 e. The van der Waals surface area contributed by atoms with E-state index in [0.29, 0.717) is 16.7 Å². The number of fused-ring (bicyclic) bond motifs is 6. The third-order valence-corrected chi connectivity index (χ3v) is 10.3. The average molecular weight is 413 g/mol. The first-order chi connectivity index (χ1) is 14.8. The largest absolute Gasteiger partial charge is 0.393 e. The maximum atomic E-state index is 10.3. The van der Waals surface area contributed by atoms with E-state index in [1.807, 2.05) is 0 Å². The van der Waals surface area contributed by atoms with E-state index in [9.17, 15) is 5.11 Å². The molecular weight excluding hydrogens is 376 g/mol. The van der Waals surface area contributed by atoms with E-state index >= 15 is 0 Å². The molecule has 0 radical (unpaired) electrons. The molecule has 6 rings (SSSR count). The average Bonchev–Trinajstić information content (AvgIpc) is 3.12. The van der Waals surface area contributed by atoms with E-state index < -0.39 is 0 Å². The van der Waals surface area contributed by atoms with Gasteiger partial charge in [0.1, 0.15) is 0 Å². The zero-order valence-electron chi connectivity index (χ0n) is 19.3. The van der Waals surface area contributed by atoms with Crippen LogP contribution in [0.2, 0.25) is 0 Å². The van der Waals surface area contributed by atoms with E-state index in [-0.39, 0.29) is 11.5 Å². The fourth-order valence-electron chi connectivity index (χ4n) is 8.65. The Morgan fingerprint density at radius 2 is 1.61 bits per heavy atom. The van der Waals surface area contributed by atoms with Crippen LogP contribution in [0.3, 0.4) is 0 Å². The molecule has 2 aromatic rings. The first-order valence-corrected chi connectivity index (χ1v) is 12.4. The van der Waals surface area contributed by atoms with Gasteiger partial charge >= 0.3 is 0 Å². The van der Waals surface area contributed by atoms with Gasteiger partial charge in [-0.25, -0.2) is 0 Å². The Balaban J connectivity index is 1.38. The highest BCUT2D eigenvalue weighted by molar-refractivity contribution is 5.87. The summed E-state index contributed by atoms with van der Waals surface area (Å²) in [6.07, 6.45) is 13.1. The molecule has 1 heteroatoms. The second-order valence-electron chi connectivity index (χ2n) is 11.7. The van der Waals surface area contributed by atoms with E-state index in [4.69, 9.17) is 0 Å². The number of hydrogen-bond acceptors (Lipinski definition) is 1. The van der Waals surface area contributed by atoms with Crippen LogP contribution in [0.15, 0.2) is 60.2 Å². The van der Waals surface area contributed by atoms with Gasteiger partial charge in [0.25, 0.3) is 0 Å². The Morgan fingerprint density at radius 1 is 0.839 bits per heavy atom. The van der Waals surface area contributed by atoms with Crippen LogP contribution in [0.4, 0.5) is 0 Å². The fraction of sp³-hybridized carbons (Fsp3) is 0.533. The molecule has 0 spiro atoms. The van der Waals surface area contributed by atoms with Crippen LogP contribution in [0.5, 0.6) is 0 Å². The van der Waals surface area contributed by atoms with Crippen LogP contribution in [0, 0.1) is 28.1 Å². The monoisotopic (exact) mass is 412 g/mol. The minimum absolute atomic E-state index is 0.120. The van der Waals surface area contributed by atoms with Crippen molar-refractivity contribution in [2.75, 3.05) is 0 Å². The van der Waals surface area contributed by atoms with Gasteiger partial charge in [-0.2, -0.15) is 0 Å². The summed E-state index contributed by atoms with van der Waals surface area (Å²) in [5.41, 5.74) is 5.51. The lowest BCUT2D eigenvalue weighted by atomic mass is 9.41. The third kappa shape index (κ3) is 2.65. The molecule has 0 aliphatic heterocycles. The summed E-state index contributed by atoms with van der Waals surface area (Å²) >= 11 is 0. The smallest absolute Gasteiger partial charge is 0.0577 e. The van der Waals surface area contributed by atoms with Crippen LogP contribution in [0.1, 0.15) is 71.3 Å². The highest BCUT2D eigenvalue weighted by Gasteiger charge is 2.62.